The van der Waals surface area contributed by atoms with Crippen LogP contribution in [0.2, 0.25) is 0 Å². The number of rotatable bonds is 3. The summed E-state index contributed by atoms with van der Waals surface area (Å²) in [5.41, 5.74) is 0.794. The van der Waals surface area contributed by atoms with Gasteiger partial charge in [0.2, 0.25) is 0 Å². The molecule has 86 valence electrons. The summed E-state index contributed by atoms with van der Waals surface area (Å²) in [4.78, 5) is 11.8. The largest absolute Gasteiger partial charge is 0.482 e. The minimum absolute atomic E-state index is 0.103. The lowest BCUT2D eigenvalue weighted by atomic mass is 10.0. The number of ether oxygens (including phenoxy) is 1. The highest BCUT2D eigenvalue weighted by Crippen LogP contribution is 2.30. The van der Waals surface area contributed by atoms with Crippen LogP contribution in [0.3, 0.4) is 0 Å². The van der Waals surface area contributed by atoms with Crippen LogP contribution in [-0.2, 0) is 11.2 Å². The van der Waals surface area contributed by atoms with E-state index in [2.05, 4.69) is 0 Å². The van der Waals surface area contributed by atoms with Crippen LogP contribution in [0.1, 0.15) is 25.8 Å². The van der Waals surface area contributed by atoms with Gasteiger partial charge in [0.1, 0.15) is 11.6 Å². The molecular weight excluding hydrogens is 207 g/mol. The molecule has 16 heavy (non-hydrogen) atoms. The van der Waals surface area contributed by atoms with E-state index < -0.39 is 6.10 Å². The third-order valence-corrected chi connectivity index (χ3v) is 2.67. The van der Waals surface area contributed by atoms with E-state index in [-0.39, 0.29) is 11.6 Å². The molecule has 0 aromatic heterocycles. The Kier molecular flexibility index (Phi) is 2.95. The maximum atomic E-state index is 13.0. The van der Waals surface area contributed by atoms with E-state index in [1.807, 2.05) is 13.8 Å². The summed E-state index contributed by atoms with van der Waals surface area (Å²) in [6.45, 7) is 4.00. The van der Waals surface area contributed by atoms with Crippen LogP contribution in [-0.4, -0.2) is 11.9 Å². The molecular formula is C13H15FO2. The van der Waals surface area contributed by atoms with Gasteiger partial charge in [-0.15, -0.1) is 0 Å². The van der Waals surface area contributed by atoms with Crippen LogP contribution in [0, 0.1) is 11.7 Å². The summed E-state index contributed by atoms with van der Waals surface area (Å²) in [5.74, 6) is 0.797. The van der Waals surface area contributed by atoms with E-state index in [1.54, 1.807) is 6.07 Å². The monoisotopic (exact) mass is 222 g/mol. The number of carbonyl (C=O) groups excluding carboxylic acids is 1. The highest BCUT2D eigenvalue weighted by molar-refractivity contribution is 5.84. The van der Waals surface area contributed by atoms with Crippen molar-refractivity contribution in [2.24, 2.45) is 5.92 Å². The Morgan fingerprint density at radius 3 is 3.00 bits per heavy atom. The van der Waals surface area contributed by atoms with Gasteiger partial charge >= 0.3 is 0 Å². The van der Waals surface area contributed by atoms with Gasteiger partial charge in [-0.3, -0.25) is 4.79 Å². The fraction of sp³-hybridized carbons (Fsp3) is 0.462. The fourth-order valence-corrected chi connectivity index (χ4v) is 1.93. The van der Waals surface area contributed by atoms with Crippen molar-refractivity contribution >= 4 is 5.78 Å². The maximum absolute atomic E-state index is 13.0. The van der Waals surface area contributed by atoms with E-state index in [1.165, 1.54) is 12.1 Å². The van der Waals surface area contributed by atoms with Crippen LogP contribution in [0.5, 0.6) is 5.75 Å². The molecule has 0 aliphatic carbocycles. The van der Waals surface area contributed by atoms with E-state index in [0.29, 0.717) is 24.5 Å². The smallest absolute Gasteiger partial charge is 0.173 e. The van der Waals surface area contributed by atoms with Gasteiger partial charge in [0, 0.05) is 18.4 Å². The van der Waals surface area contributed by atoms with Crippen molar-refractivity contribution < 1.29 is 13.9 Å². The molecule has 0 amide bonds. The fourth-order valence-electron chi connectivity index (χ4n) is 1.93. The van der Waals surface area contributed by atoms with Gasteiger partial charge in [-0.1, -0.05) is 13.8 Å². The summed E-state index contributed by atoms with van der Waals surface area (Å²) >= 11 is 0. The number of hydrogen-bond acceptors (Lipinski definition) is 2. The molecule has 2 rings (SSSR count). The molecule has 1 aliphatic rings. The SMILES string of the molecule is CC(C)CC(=O)C1Cc2cc(F)ccc2O1. The first-order valence-electron chi connectivity index (χ1n) is 5.54. The minimum Gasteiger partial charge on any atom is -0.482 e. The highest BCUT2D eigenvalue weighted by atomic mass is 19.1. The molecule has 0 saturated heterocycles. The Morgan fingerprint density at radius 1 is 1.56 bits per heavy atom. The average Bonchev–Trinajstić information content (AvgIpc) is 2.59. The molecule has 1 aliphatic heterocycles. The predicted octanol–water partition coefficient (Wildman–Crippen LogP) is 2.74. The lowest BCUT2D eigenvalue weighted by Gasteiger charge is -2.10. The number of halogens is 1. The summed E-state index contributed by atoms with van der Waals surface area (Å²) in [7, 11) is 0. The zero-order chi connectivity index (χ0) is 11.7. The van der Waals surface area contributed by atoms with Crippen molar-refractivity contribution in [3.63, 3.8) is 0 Å². The zero-order valence-electron chi connectivity index (χ0n) is 9.50. The van der Waals surface area contributed by atoms with Gasteiger partial charge in [-0.25, -0.2) is 4.39 Å². The van der Waals surface area contributed by atoms with Crippen LogP contribution in [0.4, 0.5) is 4.39 Å². The van der Waals surface area contributed by atoms with Crippen LogP contribution >= 0.6 is 0 Å². The molecule has 2 nitrogen and oxygen atoms in total. The summed E-state index contributed by atoms with van der Waals surface area (Å²) < 4.78 is 18.5. The Labute approximate surface area is 94.4 Å². The molecule has 0 radical (unpaired) electrons. The van der Waals surface area contributed by atoms with Gasteiger partial charge in [0.25, 0.3) is 0 Å². The third-order valence-electron chi connectivity index (χ3n) is 2.67. The van der Waals surface area contributed by atoms with Crippen molar-refractivity contribution in [3.05, 3.63) is 29.6 Å². The van der Waals surface area contributed by atoms with Gasteiger partial charge in [0.05, 0.1) is 0 Å². The molecule has 0 bridgehead atoms. The summed E-state index contributed by atoms with van der Waals surface area (Å²) in [6, 6.07) is 4.39. The van der Waals surface area contributed by atoms with E-state index in [0.717, 1.165) is 5.56 Å². The Hall–Kier alpha value is -1.38. The maximum Gasteiger partial charge on any atom is 0.173 e. The zero-order valence-corrected chi connectivity index (χ0v) is 9.50. The molecule has 3 heteroatoms. The van der Waals surface area contributed by atoms with Crippen molar-refractivity contribution in [2.75, 3.05) is 0 Å². The van der Waals surface area contributed by atoms with Gasteiger partial charge < -0.3 is 4.74 Å². The molecule has 0 saturated carbocycles. The second kappa shape index (κ2) is 4.24. The number of benzene rings is 1. The Bertz CT molecular complexity index is 412. The van der Waals surface area contributed by atoms with Crippen LogP contribution in [0.25, 0.3) is 0 Å². The standard InChI is InChI=1S/C13H15FO2/c1-8(2)5-11(15)13-7-9-6-10(14)3-4-12(9)16-13/h3-4,6,8,13H,5,7H2,1-2H3. The average molecular weight is 222 g/mol. The van der Waals surface area contributed by atoms with Crippen molar-refractivity contribution in [1.82, 2.24) is 0 Å². The van der Waals surface area contributed by atoms with Gasteiger partial charge in [0.15, 0.2) is 11.9 Å². The first kappa shape index (κ1) is 11.1. The minimum atomic E-state index is -0.417. The molecule has 0 N–H and O–H groups in total. The number of hydrogen-bond donors (Lipinski definition) is 0. The molecule has 1 aromatic rings. The second-order valence-corrected chi connectivity index (χ2v) is 4.63. The number of carbonyl (C=O) groups is 1. The van der Waals surface area contributed by atoms with Crippen molar-refractivity contribution in [1.29, 1.82) is 0 Å². The predicted molar refractivity (Wildman–Crippen MR) is 59.0 cm³/mol. The first-order chi connectivity index (χ1) is 7.56. The quantitative estimate of drug-likeness (QED) is 0.786. The molecule has 1 atom stereocenters. The second-order valence-electron chi connectivity index (χ2n) is 4.63. The third kappa shape index (κ3) is 2.23. The number of Topliss-reactive ketones (excluding diaryl/α,β-unsaturated/α-hetero) is 1. The van der Waals surface area contributed by atoms with E-state index >= 15 is 0 Å². The van der Waals surface area contributed by atoms with E-state index in [4.69, 9.17) is 4.74 Å². The summed E-state index contributed by atoms with van der Waals surface area (Å²) in [5, 5.41) is 0. The highest BCUT2D eigenvalue weighted by Gasteiger charge is 2.29. The van der Waals surface area contributed by atoms with Gasteiger partial charge in [-0.2, -0.15) is 0 Å². The van der Waals surface area contributed by atoms with Crippen molar-refractivity contribution in [3.8, 4) is 5.75 Å². The molecule has 0 fully saturated rings. The molecule has 1 aromatic carbocycles. The molecule has 1 heterocycles. The van der Waals surface area contributed by atoms with Gasteiger partial charge in [-0.05, 0) is 24.1 Å². The van der Waals surface area contributed by atoms with Crippen LogP contribution in [0.15, 0.2) is 18.2 Å². The molecule has 1 unspecified atom stereocenters. The molecule has 0 spiro atoms. The number of ketones is 1. The first-order valence-corrected chi connectivity index (χ1v) is 5.54. The summed E-state index contributed by atoms with van der Waals surface area (Å²) in [6.07, 6.45) is 0.596. The van der Waals surface area contributed by atoms with Crippen molar-refractivity contribution in [2.45, 2.75) is 32.8 Å². The Morgan fingerprint density at radius 2 is 2.31 bits per heavy atom. The number of fused-ring (bicyclic) bond motifs is 1. The van der Waals surface area contributed by atoms with E-state index in [9.17, 15) is 9.18 Å². The lowest BCUT2D eigenvalue weighted by molar-refractivity contribution is -0.125. The Balaban J connectivity index is 2.08. The lowest BCUT2D eigenvalue weighted by Crippen LogP contribution is -2.26. The van der Waals surface area contributed by atoms with Crippen LogP contribution < -0.4 is 4.74 Å². The topological polar surface area (TPSA) is 26.3 Å². The normalized spacial score (nSPS) is 18.4.